The molecule has 0 aliphatic heterocycles. The van der Waals surface area contributed by atoms with E-state index in [2.05, 4.69) is 13.0 Å². The van der Waals surface area contributed by atoms with E-state index in [9.17, 15) is 4.39 Å². The van der Waals surface area contributed by atoms with Crippen LogP contribution in [-0.2, 0) is 5.41 Å². The predicted octanol–water partition coefficient (Wildman–Crippen LogP) is 4.44. The van der Waals surface area contributed by atoms with E-state index in [1.54, 1.807) is 6.07 Å². The van der Waals surface area contributed by atoms with Gasteiger partial charge in [-0.25, -0.2) is 4.39 Å². The monoisotopic (exact) mass is 206 g/mol. The molecule has 0 atom stereocenters. The van der Waals surface area contributed by atoms with Gasteiger partial charge < -0.3 is 0 Å². The van der Waals surface area contributed by atoms with Gasteiger partial charge in [-0.3, -0.25) is 0 Å². The maximum atomic E-state index is 13.2. The molecular weight excluding hydrogens is 187 g/mol. The fourth-order valence-electron chi connectivity index (χ4n) is 2.66. The minimum atomic E-state index is -0.0991. The Labute approximate surface area is 91.5 Å². The summed E-state index contributed by atoms with van der Waals surface area (Å²) in [6, 6.07) is 7.16. The Hall–Kier alpha value is -0.850. The lowest BCUT2D eigenvalue weighted by Gasteiger charge is -2.28. The van der Waals surface area contributed by atoms with Crippen LogP contribution in [0.25, 0.3) is 0 Å². The van der Waals surface area contributed by atoms with Crippen molar-refractivity contribution in [3.63, 3.8) is 0 Å². The average Bonchev–Trinajstić information content (AvgIpc) is 2.44. The summed E-state index contributed by atoms with van der Waals surface area (Å²) in [6.45, 7) is 2.28. The van der Waals surface area contributed by atoms with E-state index in [0.29, 0.717) is 0 Å². The molecule has 0 heterocycles. The molecule has 0 aromatic heterocycles. The van der Waals surface area contributed by atoms with Crippen LogP contribution in [0.4, 0.5) is 4.39 Å². The van der Waals surface area contributed by atoms with E-state index < -0.39 is 0 Å². The molecule has 0 bridgehead atoms. The number of benzene rings is 1. The van der Waals surface area contributed by atoms with Gasteiger partial charge in [0.1, 0.15) is 5.82 Å². The van der Waals surface area contributed by atoms with E-state index in [1.807, 2.05) is 6.07 Å². The molecule has 1 heteroatoms. The van der Waals surface area contributed by atoms with Crippen LogP contribution in [0.1, 0.15) is 51.0 Å². The van der Waals surface area contributed by atoms with E-state index in [1.165, 1.54) is 50.2 Å². The normalized spacial score (nSPS) is 20.9. The van der Waals surface area contributed by atoms with E-state index in [-0.39, 0.29) is 11.2 Å². The van der Waals surface area contributed by atoms with Crippen LogP contribution in [0, 0.1) is 5.82 Å². The Balaban J connectivity index is 2.26. The van der Waals surface area contributed by atoms with Gasteiger partial charge in [-0.15, -0.1) is 0 Å². The fraction of sp³-hybridized carbons (Fsp3) is 0.571. The third kappa shape index (κ3) is 2.39. The first-order valence-electron chi connectivity index (χ1n) is 5.97. The quantitative estimate of drug-likeness (QED) is 0.596. The van der Waals surface area contributed by atoms with Crippen molar-refractivity contribution in [2.45, 2.75) is 50.9 Å². The molecule has 1 aliphatic carbocycles. The highest BCUT2D eigenvalue weighted by atomic mass is 19.1. The molecule has 0 saturated heterocycles. The Morgan fingerprint density at radius 3 is 2.33 bits per heavy atom. The van der Waals surface area contributed by atoms with Crippen molar-refractivity contribution in [2.24, 2.45) is 0 Å². The summed E-state index contributed by atoms with van der Waals surface area (Å²) in [6.07, 6.45) is 7.66. The molecule has 0 radical (unpaired) electrons. The molecule has 1 aromatic rings. The van der Waals surface area contributed by atoms with Crippen molar-refractivity contribution < 1.29 is 4.39 Å². The van der Waals surface area contributed by atoms with Crippen molar-refractivity contribution in [3.05, 3.63) is 35.6 Å². The second kappa shape index (κ2) is 4.34. The molecule has 1 saturated carbocycles. The van der Waals surface area contributed by atoms with Crippen LogP contribution < -0.4 is 0 Å². The first kappa shape index (κ1) is 10.7. The van der Waals surface area contributed by atoms with Gasteiger partial charge in [-0.05, 0) is 36.0 Å². The highest BCUT2D eigenvalue weighted by Crippen LogP contribution is 2.37. The lowest BCUT2D eigenvalue weighted by Crippen LogP contribution is -2.20. The van der Waals surface area contributed by atoms with E-state index in [4.69, 9.17) is 0 Å². The fourth-order valence-corrected chi connectivity index (χ4v) is 2.66. The Morgan fingerprint density at radius 2 is 1.73 bits per heavy atom. The predicted molar refractivity (Wildman–Crippen MR) is 61.5 cm³/mol. The topological polar surface area (TPSA) is 0 Å². The standard InChI is InChI=1S/C14H19F/c1-14(9-4-2-3-5-10-14)12-7-6-8-13(15)11-12/h6-8,11H,2-5,9-10H2,1H3. The maximum absolute atomic E-state index is 13.2. The van der Waals surface area contributed by atoms with Crippen LogP contribution >= 0.6 is 0 Å². The Kier molecular flexibility index (Phi) is 3.08. The minimum Gasteiger partial charge on any atom is -0.207 e. The Bertz CT molecular complexity index is 322. The van der Waals surface area contributed by atoms with Gasteiger partial charge in [0.15, 0.2) is 0 Å². The van der Waals surface area contributed by atoms with Crippen LogP contribution in [0.15, 0.2) is 24.3 Å². The van der Waals surface area contributed by atoms with Crippen LogP contribution in [-0.4, -0.2) is 0 Å². The molecule has 1 fully saturated rings. The number of hydrogen-bond acceptors (Lipinski definition) is 0. The van der Waals surface area contributed by atoms with Gasteiger partial charge >= 0.3 is 0 Å². The molecule has 15 heavy (non-hydrogen) atoms. The highest BCUT2D eigenvalue weighted by molar-refractivity contribution is 5.25. The van der Waals surface area contributed by atoms with Gasteiger partial charge in [-0.2, -0.15) is 0 Å². The van der Waals surface area contributed by atoms with Crippen molar-refractivity contribution in [2.75, 3.05) is 0 Å². The van der Waals surface area contributed by atoms with E-state index >= 15 is 0 Å². The molecule has 0 spiro atoms. The van der Waals surface area contributed by atoms with Gasteiger partial charge in [0.05, 0.1) is 0 Å². The molecule has 0 nitrogen and oxygen atoms in total. The third-order valence-electron chi connectivity index (χ3n) is 3.73. The van der Waals surface area contributed by atoms with Crippen molar-refractivity contribution >= 4 is 0 Å². The summed E-state index contributed by atoms with van der Waals surface area (Å²) in [5, 5.41) is 0. The second-order valence-corrected chi connectivity index (χ2v) is 4.99. The van der Waals surface area contributed by atoms with Gasteiger partial charge in [0.2, 0.25) is 0 Å². The van der Waals surface area contributed by atoms with Gasteiger partial charge in [-0.1, -0.05) is 44.7 Å². The molecule has 1 aromatic carbocycles. The van der Waals surface area contributed by atoms with Crippen LogP contribution in [0.2, 0.25) is 0 Å². The zero-order valence-corrected chi connectivity index (χ0v) is 9.43. The summed E-state index contributed by atoms with van der Waals surface area (Å²) in [5.41, 5.74) is 1.39. The molecular formula is C14H19F. The zero-order chi connectivity index (χ0) is 10.7. The van der Waals surface area contributed by atoms with Crippen LogP contribution in [0.3, 0.4) is 0 Å². The smallest absolute Gasteiger partial charge is 0.123 e. The zero-order valence-electron chi connectivity index (χ0n) is 9.43. The third-order valence-corrected chi connectivity index (χ3v) is 3.73. The van der Waals surface area contributed by atoms with E-state index in [0.717, 1.165) is 0 Å². The van der Waals surface area contributed by atoms with Crippen molar-refractivity contribution in [3.8, 4) is 0 Å². The highest BCUT2D eigenvalue weighted by Gasteiger charge is 2.27. The van der Waals surface area contributed by atoms with Crippen molar-refractivity contribution in [1.29, 1.82) is 0 Å². The van der Waals surface area contributed by atoms with Crippen LogP contribution in [0.5, 0.6) is 0 Å². The number of rotatable bonds is 1. The minimum absolute atomic E-state index is 0.0991. The second-order valence-electron chi connectivity index (χ2n) is 4.99. The van der Waals surface area contributed by atoms with Gasteiger partial charge in [0.25, 0.3) is 0 Å². The molecule has 2 rings (SSSR count). The number of halogens is 1. The Morgan fingerprint density at radius 1 is 1.07 bits per heavy atom. The summed E-state index contributed by atoms with van der Waals surface area (Å²) in [7, 11) is 0. The lowest BCUT2D eigenvalue weighted by molar-refractivity contribution is 0.407. The first-order valence-corrected chi connectivity index (χ1v) is 5.97. The SMILES string of the molecule is CC1(c2cccc(F)c2)CCCCCC1. The summed E-state index contributed by atoms with van der Waals surface area (Å²) in [5.74, 6) is -0.0991. The lowest BCUT2D eigenvalue weighted by atomic mass is 9.76. The number of hydrogen-bond donors (Lipinski definition) is 0. The molecule has 82 valence electrons. The maximum Gasteiger partial charge on any atom is 0.123 e. The summed E-state index contributed by atoms with van der Waals surface area (Å²) >= 11 is 0. The molecule has 0 N–H and O–H groups in total. The van der Waals surface area contributed by atoms with Crippen molar-refractivity contribution in [1.82, 2.24) is 0 Å². The first-order chi connectivity index (χ1) is 7.21. The molecule has 0 unspecified atom stereocenters. The summed E-state index contributed by atoms with van der Waals surface area (Å²) < 4.78 is 13.2. The molecule has 0 amide bonds. The summed E-state index contributed by atoms with van der Waals surface area (Å²) in [4.78, 5) is 0. The largest absolute Gasteiger partial charge is 0.207 e. The molecule has 1 aliphatic rings. The average molecular weight is 206 g/mol. The van der Waals surface area contributed by atoms with Gasteiger partial charge in [0, 0.05) is 0 Å².